The van der Waals surface area contributed by atoms with Crippen molar-refractivity contribution in [2.75, 3.05) is 13.2 Å². The number of aryl methyl sites for hydroxylation is 1. The van der Waals surface area contributed by atoms with Crippen LogP contribution in [0.25, 0.3) is 28.0 Å². The third kappa shape index (κ3) is 7.29. The highest BCUT2D eigenvalue weighted by atomic mass is 35.5. The van der Waals surface area contributed by atoms with E-state index in [4.69, 9.17) is 28.5 Å². The number of nitrogens with zero attached hydrogens (tertiary/aromatic N) is 2. The minimum Gasteiger partial charge on any atom is -0.396 e. The zero-order chi connectivity index (χ0) is 31.4. The highest BCUT2D eigenvalue weighted by Crippen LogP contribution is 2.32. The second-order valence-electron chi connectivity index (χ2n) is 11.8. The highest BCUT2D eigenvalue weighted by molar-refractivity contribution is 6.31. The minimum atomic E-state index is -0.532. The van der Waals surface area contributed by atoms with E-state index >= 15 is 4.39 Å². The van der Waals surface area contributed by atoms with Gasteiger partial charge in [0, 0.05) is 48.4 Å². The maximum atomic E-state index is 15.1. The largest absolute Gasteiger partial charge is 0.396 e. The predicted octanol–water partition coefficient (Wildman–Crippen LogP) is 3.91. The average molecular weight is 623 g/mol. The van der Waals surface area contributed by atoms with E-state index in [0.717, 1.165) is 43.2 Å². The smallest absolute Gasteiger partial charge is 0.354 e. The number of guanidine groups is 1. The van der Waals surface area contributed by atoms with Gasteiger partial charge in [0.15, 0.2) is 11.8 Å². The third-order valence-electron chi connectivity index (χ3n) is 8.29. The Labute approximate surface area is 260 Å². The van der Waals surface area contributed by atoms with Crippen LogP contribution in [-0.2, 0) is 6.42 Å². The first-order valence-electron chi connectivity index (χ1n) is 15.0. The van der Waals surface area contributed by atoms with E-state index < -0.39 is 11.5 Å². The molecule has 10 nitrogen and oxygen atoms in total. The molecule has 0 spiro atoms. The van der Waals surface area contributed by atoms with Crippen molar-refractivity contribution in [3.8, 4) is 16.9 Å². The fourth-order valence-electron chi connectivity index (χ4n) is 6.13. The Morgan fingerprint density at radius 1 is 1.25 bits per heavy atom. The lowest BCUT2D eigenvalue weighted by Gasteiger charge is -2.25. The van der Waals surface area contributed by atoms with E-state index in [1.165, 1.54) is 4.57 Å². The van der Waals surface area contributed by atoms with Crippen molar-refractivity contribution in [1.29, 1.82) is 5.41 Å². The molecule has 0 bridgehead atoms. The molecule has 0 amide bonds. The second kappa shape index (κ2) is 13.9. The zero-order valence-corrected chi connectivity index (χ0v) is 25.5. The molecule has 1 fully saturated rings. The van der Waals surface area contributed by atoms with Crippen molar-refractivity contribution in [2.45, 2.75) is 69.5 Å². The fraction of sp³-hybridized carbons (Fsp3) is 0.406. The Kier molecular flexibility index (Phi) is 10.00. The van der Waals surface area contributed by atoms with Crippen molar-refractivity contribution in [2.24, 2.45) is 11.5 Å². The van der Waals surface area contributed by atoms with Crippen molar-refractivity contribution in [3.63, 3.8) is 0 Å². The molecule has 3 heterocycles. The van der Waals surface area contributed by atoms with E-state index in [0.29, 0.717) is 40.9 Å². The first-order valence-corrected chi connectivity index (χ1v) is 15.4. The van der Waals surface area contributed by atoms with Crippen LogP contribution >= 0.6 is 11.6 Å². The quantitative estimate of drug-likeness (QED) is 0.0927. The summed E-state index contributed by atoms with van der Waals surface area (Å²) in [6.07, 6.45) is 6.39. The number of aromatic amines is 1. The first-order chi connectivity index (χ1) is 21.1. The molecule has 2 aromatic carbocycles. The molecule has 9 N–H and O–H groups in total. The number of aromatic nitrogens is 3. The van der Waals surface area contributed by atoms with Crippen LogP contribution in [0.4, 0.5) is 4.39 Å². The molecule has 4 aromatic rings. The zero-order valence-electron chi connectivity index (χ0n) is 24.7. The maximum absolute atomic E-state index is 15.1. The van der Waals surface area contributed by atoms with Crippen LogP contribution in [-0.4, -0.2) is 56.9 Å². The predicted molar refractivity (Wildman–Crippen MR) is 173 cm³/mol. The topological polar surface area (TPSA) is 171 Å². The standard InChI is InChI=1S/C32H40ClFN8O2/c1-18(35)4-2-5-19-12-25(29(34)26(33)13-19)28-14-21-17-42(32(44)41-30(21)40-28)23-9-7-20(8-10-23)24(6-3-11-43)27-15-22(16-38-27)39-31(36)37/h7-10,12-14,17-18,22,24,27,38,43H,2-6,11,15-16,35H2,1H3,(H4,36,37,39)(H,40,41,44)/t18-,22+,24?,27-/m0/s1. The minimum absolute atomic E-state index is 0.0420. The highest BCUT2D eigenvalue weighted by Gasteiger charge is 2.31. The molecular formula is C32H40ClFN8O2. The second-order valence-corrected chi connectivity index (χ2v) is 12.2. The molecule has 1 saturated heterocycles. The van der Waals surface area contributed by atoms with Crippen molar-refractivity contribution in [3.05, 3.63) is 81.1 Å². The molecule has 234 valence electrons. The number of hydrogen-bond acceptors (Lipinski definition) is 6. The number of H-pyrrole nitrogens is 1. The van der Waals surface area contributed by atoms with Gasteiger partial charge >= 0.3 is 5.69 Å². The lowest BCUT2D eigenvalue weighted by Crippen LogP contribution is -2.40. The number of fused-ring (bicyclic) bond motifs is 1. The van der Waals surface area contributed by atoms with E-state index in [1.807, 2.05) is 31.2 Å². The van der Waals surface area contributed by atoms with Crippen LogP contribution in [0.5, 0.6) is 0 Å². The van der Waals surface area contributed by atoms with Crippen LogP contribution in [0.1, 0.15) is 56.1 Å². The molecule has 2 aromatic heterocycles. The van der Waals surface area contributed by atoms with Crippen molar-refractivity contribution >= 4 is 28.6 Å². The van der Waals surface area contributed by atoms with Gasteiger partial charge in [0.2, 0.25) is 0 Å². The van der Waals surface area contributed by atoms with E-state index in [2.05, 4.69) is 20.6 Å². The number of rotatable bonds is 12. The van der Waals surface area contributed by atoms with E-state index in [9.17, 15) is 9.90 Å². The summed E-state index contributed by atoms with van der Waals surface area (Å²) in [4.78, 5) is 20.4. The molecule has 5 rings (SSSR count). The lowest BCUT2D eigenvalue weighted by atomic mass is 9.86. The van der Waals surface area contributed by atoms with Gasteiger partial charge in [-0.1, -0.05) is 23.7 Å². The summed E-state index contributed by atoms with van der Waals surface area (Å²) in [5, 5.41) is 24.2. The number of halogens is 2. The Balaban J connectivity index is 1.40. The summed E-state index contributed by atoms with van der Waals surface area (Å²) in [5.41, 5.74) is 14.8. The van der Waals surface area contributed by atoms with Gasteiger partial charge in [-0.15, -0.1) is 0 Å². The van der Waals surface area contributed by atoms with Crippen LogP contribution in [0, 0.1) is 11.2 Å². The van der Waals surface area contributed by atoms with Gasteiger partial charge in [-0.05, 0) is 92.8 Å². The molecule has 0 saturated carbocycles. The van der Waals surface area contributed by atoms with Gasteiger partial charge < -0.3 is 32.2 Å². The van der Waals surface area contributed by atoms with Crippen LogP contribution in [0.3, 0.4) is 0 Å². The van der Waals surface area contributed by atoms with Gasteiger partial charge in [0.25, 0.3) is 0 Å². The van der Waals surface area contributed by atoms with Crippen molar-refractivity contribution in [1.82, 2.24) is 25.2 Å². The van der Waals surface area contributed by atoms with Crippen LogP contribution < -0.4 is 27.8 Å². The first kappa shape index (κ1) is 31.6. The molecule has 1 aliphatic heterocycles. The lowest BCUT2D eigenvalue weighted by molar-refractivity contribution is 0.274. The van der Waals surface area contributed by atoms with Gasteiger partial charge in [0.1, 0.15) is 5.65 Å². The van der Waals surface area contributed by atoms with E-state index in [-0.39, 0.29) is 41.6 Å². The van der Waals surface area contributed by atoms with E-state index in [1.54, 1.807) is 24.4 Å². The molecular weight excluding hydrogens is 583 g/mol. The molecule has 12 heteroatoms. The fourth-order valence-corrected chi connectivity index (χ4v) is 6.38. The van der Waals surface area contributed by atoms with Gasteiger partial charge in [-0.2, -0.15) is 4.98 Å². The maximum Gasteiger partial charge on any atom is 0.354 e. The molecule has 4 atom stereocenters. The molecule has 0 aliphatic carbocycles. The Morgan fingerprint density at radius 2 is 2.02 bits per heavy atom. The summed E-state index contributed by atoms with van der Waals surface area (Å²) in [5.74, 6) is -0.443. The number of nitrogens with one attached hydrogen (secondary N) is 4. The van der Waals surface area contributed by atoms with Crippen molar-refractivity contribution < 1.29 is 9.50 Å². The number of nitrogens with two attached hydrogens (primary N) is 2. The van der Waals surface area contributed by atoms with Gasteiger partial charge in [-0.25, -0.2) is 9.18 Å². The molecule has 44 heavy (non-hydrogen) atoms. The number of aliphatic hydroxyl groups excluding tert-OH is 1. The summed E-state index contributed by atoms with van der Waals surface area (Å²) < 4.78 is 16.6. The molecule has 1 unspecified atom stereocenters. The number of aliphatic hydroxyl groups is 1. The summed E-state index contributed by atoms with van der Waals surface area (Å²) >= 11 is 6.25. The number of hydrogen-bond donors (Lipinski definition) is 7. The molecule has 0 radical (unpaired) electrons. The van der Waals surface area contributed by atoms with Gasteiger partial charge in [0.05, 0.1) is 16.4 Å². The Hall–Kier alpha value is -3.77. The number of benzene rings is 2. The molecule has 1 aliphatic rings. The van der Waals surface area contributed by atoms with Gasteiger partial charge in [-0.3, -0.25) is 9.98 Å². The average Bonchev–Trinajstić information content (AvgIpc) is 3.61. The third-order valence-corrected chi connectivity index (χ3v) is 8.57. The summed E-state index contributed by atoms with van der Waals surface area (Å²) in [6.45, 7) is 2.76. The van der Waals surface area contributed by atoms with Crippen LogP contribution in [0.2, 0.25) is 5.02 Å². The monoisotopic (exact) mass is 622 g/mol. The Morgan fingerprint density at radius 3 is 2.73 bits per heavy atom. The van der Waals surface area contributed by atoms with Crippen LogP contribution in [0.15, 0.2) is 53.5 Å². The normalized spacial score (nSPS) is 18.0. The summed E-state index contributed by atoms with van der Waals surface area (Å²) in [7, 11) is 0. The summed E-state index contributed by atoms with van der Waals surface area (Å²) in [6, 6.07) is 13.3. The SMILES string of the molecule is C[C@H](N)CCCc1cc(Cl)c(F)c(-c2cc3cn(-c4ccc(C(CCCO)[C@@H]5C[C@@H](NC(=N)N)CN5)cc4)c(=O)nc3[nH]2)c1. The Bertz CT molecular complexity index is 1670.